The zero-order valence-electron chi connectivity index (χ0n) is 12.8. The van der Waals surface area contributed by atoms with E-state index in [4.69, 9.17) is 0 Å². The summed E-state index contributed by atoms with van der Waals surface area (Å²) in [6.45, 7) is 8.67. The van der Waals surface area contributed by atoms with Crippen LogP contribution in [0, 0.1) is 6.92 Å². The summed E-state index contributed by atoms with van der Waals surface area (Å²) < 4.78 is 1.17. The average molecular weight is 292 g/mol. The van der Waals surface area contributed by atoms with E-state index in [9.17, 15) is 0 Å². The maximum atomic E-state index is 4.36. The first-order chi connectivity index (χ1) is 9.59. The maximum absolute atomic E-state index is 4.36. The first-order valence-corrected chi connectivity index (χ1v) is 8.10. The number of nitrogens with one attached hydrogen (secondary N) is 1. The van der Waals surface area contributed by atoms with E-state index in [1.54, 1.807) is 17.7 Å². The van der Waals surface area contributed by atoms with Crippen molar-refractivity contribution in [1.29, 1.82) is 0 Å². The third kappa shape index (κ3) is 3.67. The van der Waals surface area contributed by atoms with Gasteiger partial charge in [-0.2, -0.15) is 0 Å². The Balaban J connectivity index is 1.82. The van der Waals surface area contributed by atoms with Gasteiger partial charge in [-0.15, -0.1) is 11.3 Å². The molecule has 0 fully saturated rings. The van der Waals surface area contributed by atoms with Crippen molar-refractivity contribution in [2.45, 2.75) is 39.7 Å². The summed E-state index contributed by atoms with van der Waals surface area (Å²) in [4.78, 5) is 11.1. The monoisotopic (exact) mass is 292 g/mol. The van der Waals surface area contributed by atoms with Crippen LogP contribution in [-0.4, -0.2) is 41.0 Å². The number of thiophene rings is 1. The van der Waals surface area contributed by atoms with E-state index < -0.39 is 0 Å². The lowest BCUT2D eigenvalue weighted by Crippen LogP contribution is -2.27. The van der Waals surface area contributed by atoms with Gasteiger partial charge in [0, 0.05) is 12.6 Å². The summed E-state index contributed by atoms with van der Waals surface area (Å²) >= 11 is 1.72. The number of aromatic nitrogens is 2. The molecule has 5 heteroatoms. The average Bonchev–Trinajstić information content (AvgIpc) is 2.81. The van der Waals surface area contributed by atoms with Crippen molar-refractivity contribution in [3.8, 4) is 0 Å². The molecule has 0 aliphatic heterocycles. The summed E-state index contributed by atoms with van der Waals surface area (Å²) in [6.07, 6.45) is 4.02. The Morgan fingerprint density at radius 1 is 1.30 bits per heavy atom. The van der Waals surface area contributed by atoms with E-state index in [2.05, 4.69) is 53.4 Å². The number of unbranched alkanes of at least 4 members (excludes halogenated alkanes) is 1. The van der Waals surface area contributed by atoms with Crippen LogP contribution in [0.4, 0.5) is 5.82 Å². The number of hydrogen-bond donors (Lipinski definition) is 1. The normalized spacial score (nSPS) is 11.7. The van der Waals surface area contributed by atoms with E-state index in [0.29, 0.717) is 6.04 Å². The second-order valence-electron chi connectivity index (χ2n) is 5.53. The molecule has 0 aliphatic carbocycles. The van der Waals surface area contributed by atoms with Crippen molar-refractivity contribution < 1.29 is 0 Å². The van der Waals surface area contributed by atoms with Crippen LogP contribution in [0.25, 0.3) is 10.2 Å². The number of hydrogen-bond acceptors (Lipinski definition) is 5. The summed E-state index contributed by atoms with van der Waals surface area (Å²) in [5, 5.41) is 5.59. The van der Waals surface area contributed by atoms with Gasteiger partial charge in [-0.3, -0.25) is 0 Å². The highest BCUT2D eigenvalue weighted by molar-refractivity contribution is 7.18. The van der Waals surface area contributed by atoms with E-state index in [1.807, 2.05) is 0 Å². The lowest BCUT2D eigenvalue weighted by Gasteiger charge is -2.20. The lowest BCUT2D eigenvalue weighted by atomic mass is 10.2. The van der Waals surface area contributed by atoms with Crippen LogP contribution in [0.5, 0.6) is 0 Å². The molecule has 0 bridgehead atoms. The third-order valence-electron chi connectivity index (χ3n) is 3.64. The fourth-order valence-electron chi connectivity index (χ4n) is 2.05. The SMILES string of the molecule is Cc1csc2c(NCCCCN(C)C(C)C)ncnc12. The zero-order chi connectivity index (χ0) is 14.5. The molecule has 0 spiro atoms. The van der Waals surface area contributed by atoms with Crippen LogP contribution in [0.15, 0.2) is 11.7 Å². The predicted molar refractivity (Wildman–Crippen MR) is 87.6 cm³/mol. The van der Waals surface area contributed by atoms with E-state index in [1.165, 1.54) is 16.7 Å². The van der Waals surface area contributed by atoms with Gasteiger partial charge in [-0.1, -0.05) is 0 Å². The first-order valence-electron chi connectivity index (χ1n) is 7.22. The number of rotatable bonds is 7. The molecule has 0 aromatic carbocycles. The molecule has 2 aromatic rings. The Labute approximate surface area is 125 Å². The van der Waals surface area contributed by atoms with Crippen LogP contribution in [0.1, 0.15) is 32.3 Å². The largest absolute Gasteiger partial charge is 0.369 e. The van der Waals surface area contributed by atoms with Crippen LogP contribution < -0.4 is 5.32 Å². The zero-order valence-corrected chi connectivity index (χ0v) is 13.6. The van der Waals surface area contributed by atoms with Crippen molar-refractivity contribution in [1.82, 2.24) is 14.9 Å². The summed E-state index contributed by atoms with van der Waals surface area (Å²) in [5.41, 5.74) is 2.31. The molecular formula is C15H24N4S. The van der Waals surface area contributed by atoms with Crippen molar-refractivity contribution in [2.24, 2.45) is 0 Å². The molecule has 2 heterocycles. The van der Waals surface area contributed by atoms with Crippen molar-refractivity contribution in [3.63, 3.8) is 0 Å². The molecule has 0 atom stereocenters. The number of anilines is 1. The molecule has 0 saturated heterocycles. The fourth-order valence-corrected chi connectivity index (χ4v) is 3.01. The fraction of sp³-hybridized carbons (Fsp3) is 0.600. The molecule has 0 saturated carbocycles. The molecule has 0 amide bonds. The van der Waals surface area contributed by atoms with Gasteiger partial charge in [0.05, 0.1) is 10.2 Å². The van der Waals surface area contributed by atoms with Crippen molar-refractivity contribution >= 4 is 27.4 Å². The highest BCUT2D eigenvalue weighted by Gasteiger charge is 2.07. The Morgan fingerprint density at radius 2 is 2.10 bits per heavy atom. The highest BCUT2D eigenvalue weighted by Crippen LogP contribution is 2.28. The van der Waals surface area contributed by atoms with Gasteiger partial charge in [0.1, 0.15) is 12.1 Å². The van der Waals surface area contributed by atoms with E-state index >= 15 is 0 Å². The molecule has 0 aliphatic rings. The highest BCUT2D eigenvalue weighted by atomic mass is 32.1. The minimum Gasteiger partial charge on any atom is -0.369 e. The number of aryl methyl sites for hydroxylation is 1. The second kappa shape index (κ2) is 6.99. The first kappa shape index (κ1) is 15.2. The van der Waals surface area contributed by atoms with Crippen molar-refractivity contribution in [2.75, 3.05) is 25.5 Å². The van der Waals surface area contributed by atoms with Crippen molar-refractivity contribution in [3.05, 3.63) is 17.3 Å². The quantitative estimate of drug-likeness (QED) is 0.793. The molecule has 1 N–H and O–H groups in total. The Bertz CT molecular complexity index is 550. The molecular weight excluding hydrogens is 268 g/mol. The van der Waals surface area contributed by atoms with Gasteiger partial charge < -0.3 is 10.2 Å². The Kier molecular flexibility index (Phi) is 5.31. The van der Waals surface area contributed by atoms with Gasteiger partial charge in [0.25, 0.3) is 0 Å². The predicted octanol–water partition coefficient (Wildman–Crippen LogP) is 3.53. The molecule has 4 nitrogen and oxygen atoms in total. The second-order valence-corrected chi connectivity index (χ2v) is 6.41. The van der Waals surface area contributed by atoms with E-state index in [0.717, 1.165) is 30.8 Å². The number of fused-ring (bicyclic) bond motifs is 1. The minimum atomic E-state index is 0.624. The molecule has 110 valence electrons. The summed E-state index contributed by atoms with van der Waals surface area (Å²) in [6, 6.07) is 0.624. The van der Waals surface area contributed by atoms with Crippen LogP contribution >= 0.6 is 11.3 Å². The Morgan fingerprint density at radius 3 is 2.85 bits per heavy atom. The smallest absolute Gasteiger partial charge is 0.147 e. The molecule has 0 radical (unpaired) electrons. The molecule has 2 aromatic heterocycles. The van der Waals surface area contributed by atoms with E-state index in [-0.39, 0.29) is 0 Å². The summed E-state index contributed by atoms with van der Waals surface area (Å²) in [7, 11) is 2.18. The molecule has 20 heavy (non-hydrogen) atoms. The lowest BCUT2D eigenvalue weighted by molar-refractivity contribution is 0.269. The van der Waals surface area contributed by atoms with Gasteiger partial charge in [0.2, 0.25) is 0 Å². The number of nitrogens with zero attached hydrogens (tertiary/aromatic N) is 3. The van der Waals surface area contributed by atoms with Crippen LogP contribution in [0.3, 0.4) is 0 Å². The van der Waals surface area contributed by atoms with Gasteiger partial charge in [-0.05, 0) is 58.1 Å². The topological polar surface area (TPSA) is 41.0 Å². The third-order valence-corrected chi connectivity index (χ3v) is 4.74. The Hall–Kier alpha value is -1.20. The maximum Gasteiger partial charge on any atom is 0.147 e. The van der Waals surface area contributed by atoms with Crippen LogP contribution in [0.2, 0.25) is 0 Å². The van der Waals surface area contributed by atoms with Gasteiger partial charge >= 0.3 is 0 Å². The minimum absolute atomic E-state index is 0.624. The summed E-state index contributed by atoms with van der Waals surface area (Å²) in [5.74, 6) is 0.977. The standard InChI is InChI=1S/C15H24N4S/c1-11(2)19(4)8-6-5-7-16-15-14-13(17-10-18-15)12(3)9-20-14/h9-11H,5-8H2,1-4H3,(H,16,17,18). The van der Waals surface area contributed by atoms with Gasteiger partial charge in [0.15, 0.2) is 0 Å². The molecule has 2 rings (SSSR count). The van der Waals surface area contributed by atoms with Gasteiger partial charge in [-0.25, -0.2) is 9.97 Å². The molecule has 0 unspecified atom stereocenters. The van der Waals surface area contributed by atoms with Crippen LogP contribution in [-0.2, 0) is 0 Å².